The van der Waals surface area contributed by atoms with Gasteiger partial charge in [-0.2, -0.15) is 4.58 Å². The molecule has 3 nitrogen and oxygen atoms in total. The third-order valence-electron chi connectivity index (χ3n) is 2.24. The summed E-state index contributed by atoms with van der Waals surface area (Å²) in [4.78, 5) is 10.8. The topological polar surface area (TPSA) is 32.1 Å². The summed E-state index contributed by atoms with van der Waals surface area (Å²) in [5.74, 6) is -0.0261. The molecule has 0 saturated carbocycles. The van der Waals surface area contributed by atoms with Crippen LogP contribution in [0.3, 0.4) is 0 Å². The van der Waals surface area contributed by atoms with Gasteiger partial charge in [0.05, 0.1) is 0 Å². The molecule has 0 saturated heterocycles. The van der Waals surface area contributed by atoms with E-state index in [1.54, 1.807) is 12.3 Å². The van der Waals surface area contributed by atoms with Gasteiger partial charge in [-0.15, -0.1) is 0 Å². The Labute approximate surface area is 102 Å². The van der Waals surface area contributed by atoms with Crippen LogP contribution in [0, 0.1) is 0 Å². The van der Waals surface area contributed by atoms with Crippen molar-refractivity contribution in [1.29, 1.82) is 0 Å². The highest BCUT2D eigenvalue weighted by Gasteiger charge is 2.03. The van der Waals surface area contributed by atoms with E-state index in [0.29, 0.717) is 6.54 Å². The molecule has 1 amide bonds. The lowest BCUT2D eigenvalue weighted by molar-refractivity contribution is -0.353. The second kappa shape index (κ2) is 6.43. The minimum absolute atomic E-state index is 0.0261. The standard InChI is InChI=1S/C14H16N2O/c1-4-10-16(5-2)14-8-6-13(7-9-14)11-15-12(3)17/h4-10H,1-2,11H2,3H3/p+1. The molecular weight excluding hydrogens is 212 g/mol. The van der Waals surface area contributed by atoms with Gasteiger partial charge in [0.2, 0.25) is 11.6 Å². The summed E-state index contributed by atoms with van der Waals surface area (Å²) in [6, 6.07) is 7.88. The zero-order valence-corrected chi connectivity index (χ0v) is 10.0. The Morgan fingerprint density at radius 1 is 1.35 bits per heavy atom. The number of amides is 1. The molecule has 0 aliphatic carbocycles. The summed E-state index contributed by atoms with van der Waals surface area (Å²) < 4.78 is 1.87. The molecule has 17 heavy (non-hydrogen) atoms. The number of carbonyl (C=O) groups is 1. The highest BCUT2D eigenvalue weighted by atomic mass is 16.1. The van der Waals surface area contributed by atoms with Gasteiger partial charge in [0.15, 0.2) is 12.4 Å². The average molecular weight is 229 g/mol. The highest BCUT2D eigenvalue weighted by Crippen LogP contribution is 2.12. The van der Waals surface area contributed by atoms with E-state index in [4.69, 9.17) is 0 Å². The molecule has 0 bridgehead atoms. The molecule has 0 aliphatic heterocycles. The molecule has 1 aromatic rings. The summed E-state index contributed by atoms with van der Waals surface area (Å²) in [7, 11) is 0. The Kier molecular flexibility index (Phi) is 4.88. The number of benzene rings is 1. The molecule has 0 heterocycles. The molecule has 1 rings (SSSR count). The van der Waals surface area contributed by atoms with E-state index in [-0.39, 0.29) is 5.91 Å². The molecule has 88 valence electrons. The maximum Gasteiger partial charge on any atom is 0.217 e. The molecule has 0 radical (unpaired) electrons. The van der Waals surface area contributed by atoms with Crippen LogP contribution >= 0.6 is 0 Å². The van der Waals surface area contributed by atoms with E-state index in [0.717, 1.165) is 11.3 Å². The molecule has 0 fully saturated rings. The molecule has 1 N–H and O–H groups in total. The van der Waals surface area contributed by atoms with Crippen molar-refractivity contribution >= 4 is 17.8 Å². The summed E-state index contributed by atoms with van der Waals surface area (Å²) >= 11 is 0. The minimum Gasteiger partial charge on any atom is -0.352 e. The van der Waals surface area contributed by atoms with Gasteiger partial charge >= 0.3 is 0 Å². The first-order chi connectivity index (χ1) is 8.17. The Bertz CT molecular complexity index is 444. The van der Waals surface area contributed by atoms with Gasteiger partial charge in [-0.05, 0) is 18.2 Å². The Morgan fingerprint density at radius 2 is 2.00 bits per heavy atom. The van der Waals surface area contributed by atoms with Gasteiger partial charge in [-0.3, -0.25) is 4.79 Å². The number of hydrogen-bond donors (Lipinski definition) is 1. The van der Waals surface area contributed by atoms with E-state index in [9.17, 15) is 4.79 Å². The van der Waals surface area contributed by atoms with E-state index in [1.807, 2.05) is 35.1 Å². The highest BCUT2D eigenvalue weighted by molar-refractivity contribution is 5.72. The van der Waals surface area contributed by atoms with Crippen LogP contribution in [0.5, 0.6) is 0 Å². The zero-order chi connectivity index (χ0) is 12.7. The van der Waals surface area contributed by atoms with Crippen molar-refractivity contribution in [3.05, 3.63) is 55.3 Å². The molecule has 0 atom stereocenters. The van der Waals surface area contributed by atoms with Crippen molar-refractivity contribution in [2.45, 2.75) is 13.5 Å². The van der Waals surface area contributed by atoms with Crippen LogP contribution in [0.1, 0.15) is 12.5 Å². The molecular formula is C14H17N2O+. The smallest absolute Gasteiger partial charge is 0.217 e. The number of allylic oxidation sites excluding steroid dienone is 1. The molecule has 0 aliphatic rings. The quantitative estimate of drug-likeness (QED) is 0.610. The van der Waals surface area contributed by atoms with Crippen molar-refractivity contribution in [2.24, 2.45) is 0 Å². The van der Waals surface area contributed by atoms with Gasteiger partial charge < -0.3 is 5.32 Å². The summed E-state index contributed by atoms with van der Waals surface area (Å²) in [6.45, 7) is 9.43. The normalized spacial score (nSPS) is 10.8. The van der Waals surface area contributed by atoms with Gasteiger partial charge in [0, 0.05) is 25.6 Å². The maximum atomic E-state index is 10.8. The fraction of sp³-hybridized carbons (Fsp3) is 0.143. The van der Waals surface area contributed by atoms with Crippen LogP contribution in [-0.4, -0.2) is 16.7 Å². The molecule has 3 heteroatoms. The summed E-state index contributed by atoms with van der Waals surface area (Å²) in [5.41, 5.74) is 2.07. The van der Waals surface area contributed by atoms with Gasteiger partial charge in [0.25, 0.3) is 0 Å². The number of nitrogens with one attached hydrogen (secondary N) is 1. The molecule has 1 aromatic carbocycles. The van der Waals surface area contributed by atoms with E-state index in [1.165, 1.54) is 6.92 Å². The predicted molar refractivity (Wildman–Crippen MR) is 70.3 cm³/mol. The Morgan fingerprint density at radius 3 is 2.47 bits per heavy atom. The second-order valence-electron chi connectivity index (χ2n) is 3.55. The third kappa shape index (κ3) is 4.07. The lowest BCUT2D eigenvalue weighted by Crippen LogP contribution is -2.18. The van der Waals surface area contributed by atoms with Crippen LogP contribution in [0.15, 0.2) is 49.7 Å². The molecule has 0 unspecified atom stereocenters. The first-order valence-electron chi connectivity index (χ1n) is 5.37. The minimum atomic E-state index is -0.0261. The van der Waals surface area contributed by atoms with Crippen molar-refractivity contribution < 1.29 is 9.37 Å². The monoisotopic (exact) mass is 229 g/mol. The maximum absolute atomic E-state index is 10.8. The van der Waals surface area contributed by atoms with E-state index >= 15 is 0 Å². The fourth-order valence-electron chi connectivity index (χ4n) is 1.38. The molecule has 0 aromatic heterocycles. The van der Waals surface area contributed by atoms with Crippen molar-refractivity contribution in [1.82, 2.24) is 5.32 Å². The Hall–Kier alpha value is -2.16. The van der Waals surface area contributed by atoms with Crippen molar-refractivity contribution in [3.63, 3.8) is 0 Å². The largest absolute Gasteiger partial charge is 0.352 e. The Balaban J connectivity index is 2.80. The van der Waals surface area contributed by atoms with Crippen LogP contribution in [0.4, 0.5) is 5.69 Å². The van der Waals surface area contributed by atoms with Crippen molar-refractivity contribution in [2.75, 3.05) is 0 Å². The van der Waals surface area contributed by atoms with E-state index < -0.39 is 0 Å². The zero-order valence-electron chi connectivity index (χ0n) is 10.0. The van der Waals surface area contributed by atoms with Crippen LogP contribution < -0.4 is 5.32 Å². The van der Waals surface area contributed by atoms with Gasteiger partial charge in [-0.25, -0.2) is 0 Å². The number of nitrogens with zero attached hydrogens (tertiary/aromatic N) is 1. The van der Waals surface area contributed by atoms with Gasteiger partial charge in [0.1, 0.15) is 0 Å². The number of carbonyl (C=O) groups excluding carboxylic acids is 1. The molecule has 0 spiro atoms. The van der Waals surface area contributed by atoms with Gasteiger partial charge in [-0.1, -0.05) is 18.7 Å². The predicted octanol–water partition coefficient (Wildman–Crippen LogP) is 2.37. The van der Waals surface area contributed by atoms with Crippen LogP contribution in [0.25, 0.3) is 0 Å². The summed E-state index contributed by atoms with van der Waals surface area (Å²) in [6.07, 6.45) is 5.24. The first kappa shape index (κ1) is 12.9. The lowest BCUT2D eigenvalue weighted by Gasteiger charge is -2.02. The average Bonchev–Trinajstić information content (AvgIpc) is 2.34. The number of rotatable bonds is 5. The van der Waals surface area contributed by atoms with E-state index in [2.05, 4.69) is 18.5 Å². The fourth-order valence-corrected chi connectivity index (χ4v) is 1.38. The van der Waals surface area contributed by atoms with Crippen molar-refractivity contribution in [3.8, 4) is 0 Å². The number of hydrogen-bond acceptors (Lipinski definition) is 1. The third-order valence-corrected chi connectivity index (χ3v) is 2.24. The second-order valence-corrected chi connectivity index (χ2v) is 3.55. The summed E-state index contributed by atoms with van der Waals surface area (Å²) in [5, 5.41) is 2.75. The van der Waals surface area contributed by atoms with Crippen LogP contribution in [0.2, 0.25) is 0 Å². The van der Waals surface area contributed by atoms with Crippen LogP contribution in [-0.2, 0) is 11.3 Å². The lowest BCUT2D eigenvalue weighted by atomic mass is 10.2. The SMILES string of the molecule is C=CC=[N+](C=C)c1ccc(CNC(C)=O)cc1. The first-order valence-corrected chi connectivity index (χ1v) is 5.37.